The molecule has 1 N–H and O–H groups in total. The third-order valence-corrected chi connectivity index (χ3v) is 2.58. The van der Waals surface area contributed by atoms with Gasteiger partial charge in [0.25, 0.3) is 0 Å². The first kappa shape index (κ1) is 19.4. The minimum absolute atomic E-state index is 0. The topological polar surface area (TPSA) is 101 Å². The van der Waals surface area contributed by atoms with Gasteiger partial charge < -0.3 is 20.3 Å². The van der Waals surface area contributed by atoms with Crippen LogP contribution in [0.3, 0.4) is 0 Å². The van der Waals surface area contributed by atoms with E-state index in [0.717, 1.165) is 0 Å². The number of esters is 1. The molecule has 0 saturated carbocycles. The monoisotopic (exact) mass is 365 g/mol. The Kier molecular flexibility index (Phi) is 8.70. The van der Waals surface area contributed by atoms with Gasteiger partial charge in [0.1, 0.15) is 5.75 Å². The molecule has 0 atom stereocenters. The van der Waals surface area contributed by atoms with Crippen molar-refractivity contribution in [3.63, 3.8) is 0 Å². The second kappa shape index (κ2) is 9.39. The number of nitrogens with one attached hydrogen (secondary N) is 1. The van der Waals surface area contributed by atoms with Gasteiger partial charge in [0, 0.05) is 32.7 Å². The SMILES string of the molecule is [CH2-]NC(=O)c1cc(CC(=[N+]=[N-])C(=O)OC)ccc1OC.[Y]. The molecule has 1 aromatic carbocycles. The van der Waals surface area contributed by atoms with Crippen molar-refractivity contribution in [2.75, 3.05) is 14.2 Å². The van der Waals surface area contributed by atoms with Gasteiger partial charge in [0.15, 0.2) is 0 Å². The van der Waals surface area contributed by atoms with Crippen molar-refractivity contribution >= 4 is 17.6 Å². The molecule has 7 nitrogen and oxygen atoms in total. The number of hydrogen-bond acceptors (Lipinski definition) is 4. The van der Waals surface area contributed by atoms with Gasteiger partial charge in [-0.15, -0.1) is 0 Å². The third kappa shape index (κ3) is 5.04. The van der Waals surface area contributed by atoms with E-state index in [1.165, 1.54) is 20.3 Å². The molecule has 1 amide bonds. The summed E-state index contributed by atoms with van der Waals surface area (Å²) < 4.78 is 9.54. The number of nitrogens with zero attached hydrogens (tertiary/aromatic N) is 2. The van der Waals surface area contributed by atoms with Crippen molar-refractivity contribution in [2.45, 2.75) is 6.42 Å². The van der Waals surface area contributed by atoms with Crippen LogP contribution in [0, 0.1) is 7.05 Å². The molecule has 1 radical (unpaired) electrons. The predicted molar refractivity (Wildman–Crippen MR) is 70.2 cm³/mol. The van der Waals surface area contributed by atoms with Gasteiger partial charge in [0.2, 0.25) is 5.91 Å². The van der Waals surface area contributed by atoms with Crippen LogP contribution in [0.1, 0.15) is 15.9 Å². The van der Waals surface area contributed by atoms with Gasteiger partial charge in [-0.25, -0.2) is 4.79 Å². The van der Waals surface area contributed by atoms with Gasteiger partial charge >= 0.3 is 11.7 Å². The summed E-state index contributed by atoms with van der Waals surface area (Å²) in [6, 6.07) is 4.74. The van der Waals surface area contributed by atoms with Gasteiger partial charge in [-0.2, -0.15) is 4.79 Å². The van der Waals surface area contributed by atoms with E-state index in [1.54, 1.807) is 12.1 Å². The molecule has 0 heterocycles. The molecular formula is C13H14N3O4Y-. The van der Waals surface area contributed by atoms with E-state index in [9.17, 15) is 9.59 Å². The summed E-state index contributed by atoms with van der Waals surface area (Å²) >= 11 is 0. The second-order valence-electron chi connectivity index (χ2n) is 3.76. The van der Waals surface area contributed by atoms with Crippen molar-refractivity contribution < 1.29 is 56.6 Å². The minimum Gasteiger partial charge on any atom is -0.504 e. The van der Waals surface area contributed by atoms with Crippen molar-refractivity contribution in [3.05, 3.63) is 41.9 Å². The maximum absolute atomic E-state index is 11.7. The third-order valence-electron chi connectivity index (χ3n) is 2.58. The smallest absolute Gasteiger partial charge is 0.416 e. The molecular weight excluding hydrogens is 351 g/mol. The van der Waals surface area contributed by atoms with Crippen molar-refractivity contribution in [3.8, 4) is 5.75 Å². The fourth-order valence-electron chi connectivity index (χ4n) is 1.60. The van der Waals surface area contributed by atoms with Crippen molar-refractivity contribution in [1.82, 2.24) is 5.32 Å². The summed E-state index contributed by atoms with van der Waals surface area (Å²) in [5, 5.41) is 2.24. The first-order valence-electron chi connectivity index (χ1n) is 5.61. The largest absolute Gasteiger partial charge is 0.504 e. The fourth-order valence-corrected chi connectivity index (χ4v) is 1.60. The molecule has 0 aliphatic carbocycles. The van der Waals surface area contributed by atoms with E-state index in [2.05, 4.69) is 21.9 Å². The van der Waals surface area contributed by atoms with E-state index >= 15 is 0 Å². The number of hydrogen-bond donors (Lipinski definition) is 1. The molecule has 0 aliphatic heterocycles. The summed E-state index contributed by atoms with van der Waals surface area (Å²) in [6.07, 6.45) is 0.0184. The molecule has 1 rings (SSSR count). The van der Waals surface area contributed by atoms with Crippen LogP contribution in [0.5, 0.6) is 5.75 Å². The van der Waals surface area contributed by atoms with Gasteiger partial charge in [-0.3, -0.25) is 11.8 Å². The summed E-state index contributed by atoms with van der Waals surface area (Å²) in [4.78, 5) is 25.9. The number of amides is 1. The van der Waals surface area contributed by atoms with Crippen LogP contribution in [-0.4, -0.2) is 36.6 Å². The van der Waals surface area contributed by atoms with Crippen LogP contribution in [0.4, 0.5) is 0 Å². The molecule has 0 aromatic heterocycles. The minimum atomic E-state index is -0.744. The molecule has 0 unspecified atom stereocenters. The first-order valence-corrected chi connectivity index (χ1v) is 5.61. The summed E-state index contributed by atoms with van der Waals surface area (Å²) in [6.45, 7) is 0. The number of benzene rings is 1. The Morgan fingerprint density at radius 3 is 2.52 bits per heavy atom. The Morgan fingerprint density at radius 2 is 2.05 bits per heavy atom. The van der Waals surface area contributed by atoms with E-state index in [0.29, 0.717) is 11.3 Å². The molecule has 0 fully saturated rings. The summed E-state index contributed by atoms with van der Waals surface area (Å²) in [7, 11) is 5.91. The Bertz CT molecular complexity index is 583. The number of rotatable bonds is 5. The Balaban J connectivity index is 0.00000400. The van der Waals surface area contributed by atoms with E-state index in [-0.39, 0.29) is 50.4 Å². The molecule has 0 bridgehead atoms. The van der Waals surface area contributed by atoms with Crippen LogP contribution in [0.2, 0.25) is 0 Å². The first-order chi connectivity index (χ1) is 9.57. The molecule has 1 aromatic rings. The maximum Gasteiger partial charge on any atom is 0.416 e. The quantitative estimate of drug-likeness (QED) is 0.271. The van der Waals surface area contributed by atoms with Crippen LogP contribution in [0.25, 0.3) is 5.53 Å². The normalized spacial score (nSPS) is 8.90. The van der Waals surface area contributed by atoms with E-state index in [1.807, 2.05) is 0 Å². The van der Waals surface area contributed by atoms with Crippen LogP contribution < -0.4 is 10.1 Å². The average Bonchev–Trinajstić information content (AvgIpc) is 2.50. The zero-order valence-electron chi connectivity index (χ0n) is 11.8. The molecule has 8 heteroatoms. The zero-order valence-corrected chi connectivity index (χ0v) is 14.6. The number of methoxy groups -OCH3 is 2. The molecule has 0 aliphatic rings. The zero-order chi connectivity index (χ0) is 15.1. The summed E-state index contributed by atoms with van der Waals surface area (Å²) in [5.74, 6) is -0.800. The van der Waals surface area contributed by atoms with E-state index < -0.39 is 11.9 Å². The Hall–Kier alpha value is -1.56. The number of carbonyl (C=O) groups excluding carboxylic acids is 2. The molecule has 0 saturated heterocycles. The Labute approximate surface area is 147 Å². The standard InChI is InChI=1S/C13H14N3O4.Y/c1-15-12(17)9-6-8(4-5-11(9)19-2)7-10(16-14)13(18)20-3;/h4-6H,1,7H2,2-3H3,(H,15,17);/q-1;. The summed E-state index contributed by atoms with van der Waals surface area (Å²) in [5.41, 5.74) is 9.47. The van der Waals surface area contributed by atoms with Crippen molar-refractivity contribution in [1.29, 1.82) is 0 Å². The Morgan fingerprint density at radius 1 is 1.38 bits per heavy atom. The molecule has 109 valence electrons. The maximum atomic E-state index is 11.7. The second-order valence-corrected chi connectivity index (χ2v) is 3.76. The van der Waals surface area contributed by atoms with Gasteiger partial charge in [-0.1, -0.05) is 6.07 Å². The fraction of sp³-hybridized carbons (Fsp3) is 0.231. The van der Waals surface area contributed by atoms with E-state index in [4.69, 9.17) is 10.3 Å². The molecule has 21 heavy (non-hydrogen) atoms. The van der Waals surface area contributed by atoms with Gasteiger partial charge in [0.05, 0.1) is 26.2 Å². The number of ether oxygens (including phenoxy) is 2. The van der Waals surface area contributed by atoms with Crippen LogP contribution in [-0.2, 0) is 48.7 Å². The molecule has 0 spiro atoms. The van der Waals surface area contributed by atoms with Crippen molar-refractivity contribution in [2.24, 2.45) is 0 Å². The van der Waals surface area contributed by atoms with Crippen LogP contribution >= 0.6 is 0 Å². The van der Waals surface area contributed by atoms with Gasteiger partial charge in [-0.05, 0) is 17.7 Å². The van der Waals surface area contributed by atoms with Crippen LogP contribution in [0.15, 0.2) is 18.2 Å². The average molecular weight is 365 g/mol. The number of carbonyl (C=O) groups is 2. The predicted octanol–water partition coefficient (Wildman–Crippen LogP) is 0.600.